The molecule has 0 saturated heterocycles. The number of aryl methyl sites for hydroxylation is 2. The van der Waals surface area contributed by atoms with E-state index in [0.29, 0.717) is 5.82 Å². The Hall–Kier alpha value is -1.88. The van der Waals surface area contributed by atoms with E-state index in [9.17, 15) is 4.79 Å². The Kier molecular flexibility index (Phi) is 3.10. The van der Waals surface area contributed by atoms with E-state index in [1.807, 2.05) is 26.0 Å². The van der Waals surface area contributed by atoms with E-state index in [1.165, 1.54) is 5.56 Å². The Bertz CT molecular complexity index is 560. The van der Waals surface area contributed by atoms with Gasteiger partial charge in [-0.25, -0.2) is 9.78 Å². The third kappa shape index (κ3) is 2.45. The molecule has 2 aromatic rings. The monoisotopic (exact) mass is 234 g/mol. The number of rotatable bonds is 4. The van der Waals surface area contributed by atoms with Crippen LogP contribution >= 0.6 is 0 Å². The van der Waals surface area contributed by atoms with Crippen molar-refractivity contribution in [2.75, 3.05) is 6.61 Å². The Labute approximate surface area is 98.4 Å². The van der Waals surface area contributed by atoms with Crippen LogP contribution in [0, 0.1) is 13.8 Å². The zero-order valence-corrected chi connectivity index (χ0v) is 9.78. The second-order valence-corrected chi connectivity index (χ2v) is 3.97. The Balaban J connectivity index is 2.20. The minimum atomic E-state index is -0.979. The smallest absolute Gasteiger partial charge is 0.329 e. The molecule has 0 amide bonds. The number of fused-ring (bicyclic) bond motifs is 1. The summed E-state index contributed by atoms with van der Waals surface area (Å²) < 4.78 is 4.99. The van der Waals surface area contributed by atoms with Gasteiger partial charge in [0.2, 0.25) is 0 Å². The highest BCUT2D eigenvalue weighted by molar-refractivity contribution is 5.79. The van der Waals surface area contributed by atoms with Crippen LogP contribution in [0.15, 0.2) is 12.1 Å². The number of hydrogen-bond acceptors (Lipinski definition) is 3. The van der Waals surface area contributed by atoms with E-state index in [2.05, 4.69) is 9.97 Å². The Morgan fingerprint density at radius 1 is 1.47 bits per heavy atom. The van der Waals surface area contributed by atoms with Gasteiger partial charge >= 0.3 is 5.97 Å². The molecule has 2 N–H and O–H groups in total. The summed E-state index contributed by atoms with van der Waals surface area (Å²) in [7, 11) is 0. The number of H-pyrrole nitrogens is 1. The first-order chi connectivity index (χ1) is 8.08. The molecule has 0 radical (unpaired) electrons. The van der Waals surface area contributed by atoms with Crippen molar-refractivity contribution >= 4 is 17.0 Å². The highest BCUT2D eigenvalue weighted by atomic mass is 16.5. The number of nitrogens with one attached hydrogen (secondary N) is 1. The van der Waals surface area contributed by atoms with E-state index < -0.39 is 5.97 Å². The van der Waals surface area contributed by atoms with Crippen LogP contribution in [-0.4, -0.2) is 27.7 Å². The minimum absolute atomic E-state index is 0.180. The number of ether oxygens (including phenoxy) is 1. The molecular weight excluding hydrogens is 220 g/mol. The fourth-order valence-electron chi connectivity index (χ4n) is 1.67. The van der Waals surface area contributed by atoms with Crippen LogP contribution in [0.4, 0.5) is 0 Å². The predicted molar refractivity (Wildman–Crippen MR) is 62.9 cm³/mol. The molecule has 0 saturated carbocycles. The third-order valence-corrected chi connectivity index (χ3v) is 2.69. The van der Waals surface area contributed by atoms with Crippen molar-refractivity contribution in [1.29, 1.82) is 0 Å². The second kappa shape index (κ2) is 4.55. The van der Waals surface area contributed by atoms with E-state index >= 15 is 0 Å². The summed E-state index contributed by atoms with van der Waals surface area (Å²) in [4.78, 5) is 17.8. The van der Waals surface area contributed by atoms with E-state index in [1.54, 1.807) is 0 Å². The summed E-state index contributed by atoms with van der Waals surface area (Å²) >= 11 is 0. The van der Waals surface area contributed by atoms with Crippen molar-refractivity contribution in [2.24, 2.45) is 0 Å². The number of aromatic nitrogens is 2. The van der Waals surface area contributed by atoms with Crippen molar-refractivity contribution in [3.63, 3.8) is 0 Å². The lowest BCUT2D eigenvalue weighted by atomic mass is 10.1. The van der Waals surface area contributed by atoms with Crippen molar-refractivity contribution in [1.82, 2.24) is 9.97 Å². The molecule has 0 atom stereocenters. The van der Waals surface area contributed by atoms with Gasteiger partial charge in [-0.05, 0) is 31.0 Å². The highest BCUT2D eigenvalue weighted by Gasteiger charge is 2.07. The van der Waals surface area contributed by atoms with Crippen LogP contribution < -0.4 is 0 Å². The van der Waals surface area contributed by atoms with Gasteiger partial charge in [0.1, 0.15) is 19.0 Å². The lowest BCUT2D eigenvalue weighted by molar-refractivity contribution is -0.142. The molecular formula is C12H14N2O3. The molecule has 0 aliphatic heterocycles. The van der Waals surface area contributed by atoms with Crippen LogP contribution in [0.1, 0.15) is 17.0 Å². The molecule has 17 heavy (non-hydrogen) atoms. The maximum atomic E-state index is 10.3. The molecule has 0 aliphatic rings. The van der Waals surface area contributed by atoms with E-state index in [0.717, 1.165) is 16.6 Å². The minimum Gasteiger partial charge on any atom is -0.480 e. The number of imidazole rings is 1. The standard InChI is InChI=1S/C12H14N2O3/c1-7-3-4-9-12(8(7)2)14-10(13-9)5-17-6-11(15)16/h3-4H,5-6H2,1-2H3,(H,13,14)(H,15,16). The molecule has 1 aromatic heterocycles. The number of aromatic amines is 1. The summed E-state index contributed by atoms with van der Waals surface area (Å²) in [6.45, 7) is 3.92. The second-order valence-electron chi connectivity index (χ2n) is 3.97. The van der Waals surface area contributed by atoms with Crippen molar-refractivity contribution in [2.45, 2.75) is 20.5 Å². The molecule has 5 heteroatoms. The van der Waals surface area contributed by atoms with E-state index in [4.69, 9.17) is 9.84 Å². The first-order valence-electron chi connectivity index (χ1n) is 5.32. The average molecular weight is 234 g/mol. The first-order valence-corrected chi connectivity index (χ1v) is 5.32. The topological polar surface area (TPSA) is 75.2 Å². The third-order valence-electron chi connectivity index (χ3n) is 2.69. The number of carboxylic acids is 1. The van der Waals surface area contributed by atoms with Gasteiger partial charge in [-0.3, -0.25) is 0 Å². The zero-order valence-electron chi connectivity index (χ0n) is 9.78. The normalized spacial score (nSPS) is 10.9. The molecule has 1 aromatic carbocycles. The number of benzene rings is 1. The van der Waals surface area contributed by atoms with Gasteiger partial charge in [-0.15, -0.1) is 0 Å². The largest absolute Gasteiger partial charge is 0.480 e. The van der Waals surface area contributed by atoms with Gasteiger partial charge in [-0.1, -0.05) is 6.07 Å². The molecule has 0 fully saturated rings. The molecule has 90 valence electrons. The number of hydrogen-bond donors (Lipinski definition) is 2. The van der Waals surface area contributed by atoms with Gasteiger partial charge in [-0.2, -0.15) is 0 Å². The summed E-state index contributed by atoms with van der Waals surface area (Å²) in [5, 5.41) is 8.46. The van der Waals surface area contributed by atoms with Gasteiger partial charge in [0, 0.05) is 0 Å². The van der Waals surface area contributed by atoms with Crippen LogP contribution in [-0.2, 0) is 16.1 Å². The van der Waals surface area contributed by atoms with Gasteiger partial charge in [0.25, 0.3) is 0 Å². The maximum absolute atomic E-state index is 10.3. The maximum Gasteiger partial charge on any atom is 0.329 e. The lowest BCUT2D eigenvalue weighted by Crippen LogP contribution is -2.07. The lowest BCUT2D eigenvalue weighted by Gasteiger charge is -1.98. The number of aliphatic carboxylic acids is 1. The SMILES string of the molecule is Cc1ccc2[nH]c(COCC(=O)O)nc2c1C. The molecule has 1 heterocycles. The molecule has 0 spiro atoms. The van der Waals surface area contributed by atoms with Crippen LogP contribution in [0.25, 0.3) is 11.0 Å². The molecule has 0 aliphatic carbocycles. The van der Waals surface area contributed by atoms with Gasteiger partial charge in [0.05, 0.1) is 11.0 Å². The number of carboxylic acid groups (broad SMARTS) is 1. The number of carbonyl (C=O) groups is 1. The summed E-state index contributed by atoms with van der Waals surface area (Å²) in [5.41, 5.74) is 4.17. The molecule has 2 rings (SSSR count). The summed E-state index contributed by atoms with van der Waals surface area (Å²) in [6.07, 6.45) is 0. The summed E-state index contributed by atoms with van der Waals surface area (Å²) in [5.74, 6) is -0.330. The predicted octanol–water partition coefficient (Wildman–Crippen LogP) is 1.78. The first kappa shape index (κ1) is 11.6. The highest BCUT2D eigenvalue weighted by Crippen LogP contribution is 2.19. The zero-order chi connectivity index (χ0) is 12.4. The Morgan fingerprint density at radius 3 is 2.94 bits per heavy atom. The molecule has 0 unspecified atom stereocenters. The van der Waals surface area contributed by atoms with Gasteiger partial charge in [0.15, 0.2) is 0 Å². The fraction of sp³-hybridized carbons (Fsp3) is 0.333. The number of nitrogens with zero attached hydrogens (tertiary/aromatic N) is 1. The van der Waals surface area contributed by atoms with Crippen LogP contribution in [0.2, 0.25) is 0 Å². The quantitative estimate of drug-likeness (QED) is 0.845. The summed E-state index contributed by atoms with van der Waals surface area (Å²) in [6, 6.07) is 3.99. The average Bonchev–Trinajstić information content (AvgIpc) is 2.67. The van der Waals surface area contributed by atoms with Crippen LogP contribution in [0.3, 0.4) is 0 Å². The van der Waals surface area contributed by atoms with Crippen molar-refractivity contribution in [3.05, 3.63) is 29.1 Å². The van der Waals surface area contributed by atoms with Crippen LogP contribution in [0.5, 0.6) is 0 Å². The molecule has 5 nitrogen and oxygen atoms in total. The molecule has 0 bridgehead atoms. The fourth-order valence-corrected chi connectivity index (χ4v) is 1.67. The van der Waals surface area contributed by atoms with E-state index in [-0.39, 0.29) is 13.2 Å². The van der Waals surface area contributed by atoms with Crippen molar-refractivity contribution < 1.29 is 14.6 Å². The van der Waals surface area contributed by atoms with Crippen molar-refractivity contribution in [3.8, 4) is 0 Å². The Morgan fingerprint density at radius 2 is 2.24 bits per heavy atom. The van der Waals surface area contributed by atoms with Gasteiger partial charge < -0.3 is 14.8 Å².